The second-order valence-corrected chi connectivity index (χ2v) is 7.30. The molecule has 0 radical (unpaired) electrons. The van der Waals surface area contributed by atoms with Crippen molar-refractivity contribution in [2.24, 2.45) is 0 Å². The number of amides is 1. The average molecular weight is 333 g/mol. The van der Waals surface area contributed by atoms with Crippen molar-refractivity contribution in [3.05, 3.63) is 29.3 Å². The van der Waals surface area contributed by atoms with E-state index in [0.29, 0.717) is 25.8 Å². The van der Waals surface area contributed by atoms with Gasteiger partial charge in [-0.2, -0.15) is 0 Å². The molecule has 0 aliphatic carbocycles. The molecule has 2 aromatic rings. The number of hydrogen-bond acceptors (Lipinski definition) is 5. The highest BCUT2D eigenvalue weighted by Crippen LogP contribution is 2.22. The van der Waals surface area contributed by atoms with Crippen LogP contribution >= 0.6 is 11.3 Å². The van der Waals surface area contributed by atoms with Crippen LogP contribution < -0.4 is 10.6 Å². The Morgan fingerprint density at radius 3 is 3.09 bits per heavy atom. The van der Waals surface area contributed by atoms with Gasteiger partial charge in [-0.05, 0) is 44.5 Å². The predicted octanol–water partition coefficient (Wildman–Crippen LogP) is 1.85. The fourth-order valence-electron chi connectivity index (χ4n) is 2.89. The lowest BCUT2D eigenvalue weighted by atomic mass is 9.95. The van der Waals surface area contributed by atoms with E-state index in [1.807, 2.05) is 24.3 Å². The van der Waals surface area contributed by atoms with Crippen LogP contribution in [0.5, 0.6) is 0 Å². The Kier molecular flexibility index (Phi) is 5.25. The molecule has 23 heavy (non-hydrogen) atoms. The summed E-state index contributed by atoms with van der Waals surface area (Å²) in [6.45, 7) is 2.08. The van der Waals surface area contributed by atoms with Crippen LogP contribution in [0.15, 0.2) is 24.3 Å². The van der Waals surface area contributed by atoms with Gasteiger partial charge in [0.2, 0.25) is 5.91 Å². The summed E-state index contributed by atoms with van der Waals surface area (Å²) >= 11 is 1.64. The molecule has 6 heteroatoms. The van der Waals surface area contributed by atoms with Crippen LogP contribution in [-0.4, -0.2) is 41.2 Å². The molecule has 1 fully saturated rings. The zero-order chi connectivity index (χ0) is 16.1. The lowest BCUT2D eigenvalue weighted by Crippen LogP contribution is -2.43. The van der Waals surface area contributed by atoms with Crippen molar-refractivity contribution < 1.29 is 9.90 Å². The van der Waals surface area contributed by atoms with E-state index in [2.05, 4.69) is 15.6 Å². The minimum Gasteiger partial charge on any atom is -0.388 e. The minimum atomic E-state index is -0.769. The van der Waals surface area contributed by atoms with Gasteiger partial charge in [0.25, 0.3) is 0 Å². The number of aromatic nitrogens is 1. The molecule has 1 aromatic heterocycles. The highest BCUT2D eigenvalue weighted by Gasteiger charge is 2.28. The van der Waals surface area contributed by atoms with Gasteiger partial charge >= 0.3 is 0 Å². The second kappa shape index (κ2) is 7.38. The highest BCUT2D eigenvalue weighted by atomic mass is 32.1. The number of benzene rings is 1. The van der Waals surface area contributed by atoms with Gasteiger partial charge in [0.05, 0.1) is 20.8 Å². The Bertz CT molecular complexity index is 630. The minimum absolute atomic E-state index is 0.0186. The smallest absolute Gasteiger partial charge is 0.220 e. The maximum absolute atomic E-state index is 12.0. The molecule has 3 N–H and O–H groups in total. The van der Waals surface area contributed by atoms with Crippen molar-refractivity contribution >= 4 is 27.5 Å². The van der Waals surface area contributed by atoms with Crippen LogP contribution in [0.4, 0.5) is 0 Å². The van der Waals surface area contributed by atoms with Crippen LogP contribution in [0.2, 0.25) is 0 Å². The third-order valence-corrected chi connectivity index (χ3v) is 5.38. The first-order valence-corrected chi connectivity index (χ1v) is 9.01. The number of aliphatic hydroxyl groups is 1. The number of thiazole rings is 1. The van der Waals surface area contributed by atoms with Crippen LogP contribution in [-0.2, 0) is 11.2 Å². The van der Waals surface area contributed by atoms with Gasteiger partial charge in [-0.25, -0.2) is 4.98 Å². The van der Waals surface area contributed by atoms with Crippen molar-refractivity contribution in [1.29, 1.82) is 0 Å². The van der Waals surface area contributed by atoms with Crippen molar-refractivity contribution in [1.82, 2.24) is 15.6 Å². The standard InChI is InChI=1S/C17H23N3O2S/c21-15(19-12-17(22)8-3-10-18-11-9-17)6-7-16-20-13-4-1-2-5-14(13)23-16/h1-2,4-5,18,22H,3,6-12H2,(H,19,21)/t17-/m1/s1. The number of nitrogens with zero attached hydrogens (tertiary/aromatic N) is 1. The third-order valence-electron chi connectivity index (χ3n) is 4.28. The molecular formula is C17H23N3O2S. The molecule has 0 unspecified atom stereocenters. The zero-order valence-electron chi connectivity index (χ0n) is 13.2. The first kappa shape index (κ1) is 16.4. The van der Waals surface area contributed by atoms with Crippen LogP contribution in [0.25, 0.3) is 10.2 Å². The molecule has 5 nitrogen and oxygen atoms in total. The summed E-state index contributed by atoms with van der Waals surface area (Å²) in [5.41, 5.74) is 0.225. The number of carbonyl (C=O) groups is 1. The highest BCUT2D eigenvalue weighted by molar-refractivity contribution is 7.18. The summed E-state index contributed by atoms with van der Waals surface area (Å²) in [6.07, 6.45) is 3.42. The van der Waals surface area contributed by atoms with Gasteiger partial charge in [-0.1, -0.05) is 12.1 Å². The van der Waals surface area contributed by atoms with E-state index in [4.69, 9.17) is 0 Å². The molecular weight excluding hydrogens is 310 g/mol. The summed E-state index contributed by atoms with van der Waals surface area (Å²) in [7, 11) is 0. The fourth-order valence-corrected chi connectivity index (χ4v) is 3.86. The second-order valence-electron chi connectivity index (χ2n) is 6.18. The quantitative estimate of drug-likeness (QED) is 0.781. The Hall–Kier alpha value is -1.50. The first-order chi connectivity index (χ1) is 11.1. The van der Waals surface area contributed by atoms with Gasteiger partial charge in [-0.3, -0.25) is 4.79 Å². The number of hydrogen-bond donors (Lipinski definition) is 3. The van der Waals surface area contributed by atoms with E-state index in [1.165, 1.54) is 0 Å². The molecule has 0 spiro atoms. The molecule has 1 aliphatic heterocycles. The largest absolute Gasteiger partial charge is 0.388 e. The SMILES string of the molecule is O=C(CCc1nc2ccccc2s1)NC[C@@]1(O)CCCNCC1. The topological polar surface area (TPSA) is 74.2 Å². The molecule has 3 rings (SSSR count). The van der Waals surface area contributed by atoms with Crippen molar-refractivity contribution in [2.45, 2.75) is 37.7 Å². The van der Waals surface area contributed by atoms with Crippen LogP contribution in [0.1, 0.15) is 30.7 Å². The number of nitrogens with one attached hydrogen (secondary N) is 2. The predicted molar refractivity (Wildman–Crippen MR) is 92.6 cm³/mol. The monoisotopic (exact) mass is 333 g/mol. The third kappa shape index (κ3) is 4.50. The lowest BCUT2D eigenvalue weighted by Gasteiger charge is -2.26. The summed E-state index contributed by atoms with van der Waals surface area (Å²) in [6, 6.07) is 8.01. The Balaban J connectivity index is 1.47. The molecule has 124 valence electrons. The van der Waals surface area contributed by atoms with E-state index in [-0.39, 0.29) is 5.91 Å². The number of rotatable bonds is 5. The Morgan fingerprint density at radius 1 is 1.35 bits per heavy atom. The van der Waals surface area contributed by atoms with E-state index < -0.39 is 5.60 Å². The van der Waals surface area contributed by atoms with Gasteiger partial charge in [0, 0.05) is 19.4 Å². The summed E-state index contributed by atoms with van der Waals surface area (Å²) in [5.74, 6) is -0.0186. The van der Waals surface area contributed by atoms with E-state index in [0.717, 1.165) is 41.2 Å². The number of fused-ring (bicyclic) bond motifs is 1. The zero-order valence-corrected chi connectivity index (χ0v) is 14.0. The van der Waals surface area contributed by atoms with Crippen molar-refractivity contribution in [2.75, 3.05) is 19.6 Å². The maximum Gasteiger partial charge on any atom is 0.220 e. The maximum atomic E-state index is 12.0. The van der Waals surface area contributed by atoms with Gasteiger partial charge in [-0.15, -0.1) is 11.3 Å². The van der Waals surface area contributed by atoms with Gasteiger partial charge in [0.1, 0.15) is 0 Å². The number of para-hydroxylation sites is 1. The summed E-state index contributed by atoms with van der Waals surface area (Å²) in [5, 5.41) is 17.7. The van der Waals surface area contributed by atoms with Crippen LogP contribution in [0, 0.1) is 0 Å². The fraction of sp³-hybridized carbons (Fsp3) is 0.529. The van der Waals surface area contributed by atoms with Crippen LogP contribution in [0.3, 0.4) is 0 Å². The molecule has 1 saturated heterocycles. The van der Waals surface area contributed by atoms with E-state index in [9.17, 15) is 9.90 Å². The molecule has 1 amide bonds. The molecule has 0 saturated carbocycles. The lowest BCUT2D eigenvalue weighted by molar-refractivity contribution is -0.122. The Labute approximate surface area is 140 Å². The normalized spacial score (nSPS) is 22.0. The molecule has 1 aliphatic rings. The molecule has 1 aromatic carbocycles. The molecule has 0 bridgehead atoms. The molecule has 2 heterocycles. The summed E-state index contributed by atoms with van der Waals surface area (Å²) < 4.78 is 1.16. The van der Waals surface area contributed by atoms with Crippen molar-refractivity contribution in [3.8, 4) is 0 Å². The summed E-state index contributed by atoms with van der Waals surface area (Å²) in [4.78, 5) is 16.6. The number of aryl methyl sites for hydroxylation is 1. The van der Waals surface area contributed by atoms with E-state index >= 15 is 0 Å². The first-order valence-electron chi connectivity index (χ1n) is 8.19. The van der Waals surface area contributed by atoms with Crippen molar-refractivity contribution in [3.63, 3.8) is 0 Å². The van der Waals surface area contributed by atoms with E-state index in [1.54, 1.807) is 11.3 Å². The van der Waals surface area contributed by atoms with Gasteiger partial charge in [0.15, 0.2) is 0 Å². The molecule has 1 atom stereocenters. The van der Waals surface area contributed by atoms with Gasteiger partial charge < -0.3 is 15.7 Å². The Morgan fingerprint density at radius 2 is 2.22 bits per heavy atom. The number of carbonyl (C=O) groups excluding carboxylic acids is 1. The average Bonchev–Trinajstić information content (AvgIpc) is 2.85.